The highest BCUT2D eigenvalue weighted by atomic mass is 32.1. The van der Waals surface area contributed by atoms with Crippen LogP contribution >= 0.6 is 11.3 Å². The van der Waals surface area contributed by atoms with Crippen LogP contribution in [0, 0.1) is 12.3 Å². The molecule has 2 aromatic heterocycles. The van der Waals surface area contributed by atoms with Crippen LogP contribution in [0.25, 0.3) is 0 Å². The molecule has 0 aromatic carbocycles. The quantitative estimate of drug-likeness (QED) is 0.895. The lowest BCUT2D eigenvalue weighted by Crippen LogP contribution is -2.43. The Balaban J connectivity index is 1.28. The maximum Gasteiger partial charge on any atom is 0.321 e. The zero-order valence-electron chi connectivity index (χ0n) is 15.3. The molecule has 26 heavy (non-hydrogen) atoms. The van der Waals surface area contributed by atoms with Gasteiger partial charge in [0.15, 0.2) is 0 Å². The number of rotatable bonds is 4. The highest BCUT2D eigenvalue weighted by Crippen LogP contribution is 2.56. The summed E-state index contributed by atoms with van der Waals surface area (Å²) in [5, 5.41) is 6.18. The second kappa shape index (κ2) is 6.96. The summed E-state index contributed by atoms with van der Waals surface area (Å²) in [6.45, 7) is 4.55. The largest absolute Gasteiger partial charge is 0.324 e. The number of carbonyl (C=O) groups is 1. The van der Waals surface area contributed by atoms with Gasteiger partial charge in [-0.15, -0.1) is 11.3 Å². The minimum atomic E-state index is -0.0133. The van der Waals surface area contributed by atoms with Crippen molar-refractivity contribution in [1.29, 1.82) is 0 Å². The van der Waals surface area contributed by atoms with E-state index in [0.717, 1.165) is 43.7 Å². The summed E-state index contributed by atoms with van der Waals surface area (Å²) in [6, 6.07) is 2.55. The minimum Gasteiger partial charge on any atom is -0.324 e. The van der Waals surface area contributed by atoms with Crippen LogP contribution in [0.3, 0.4) is 0 Å². The van der Waals surface area contributed by atoms with Gasteiger partial charge in [0.25, 0.3) is 0 Å². The number of likely N-dealkylation sites (tertiary alicyclic amines) is 1. The van der Waals surface area contributed by atoms with Gasteiger partial charge in [-0.3, -0.25) is 9.88 Å². The summed E-state index contributed by atoms with van der Waals surface area (Å²) in [6.07, 6.45) is 8.76. The predicted molar refractivity (Wildman–Crippen MR) is 103 cm³/mol. The Kier molecular flexibility index (Phi) is 4.67. The average Bonchev–Trinajstić information content (AvgIpc) is 3.07. The summed E-state index contributed by atoms with van der Waals surface area (Å²) in [7, 11) is 2.20. The van der Waals surface area contributed by atoms with Crippen molar-refractivity contribution in [2.75, 3.05) is 25.5 Å². The maximum absolute atomic E-state index is 12.5. The van der Waals surface area contributed by atoms with Crippen LogP contribution in [-0.2, 0) is 6.54 Å². The lowest BCUT2D eigenvalue weighted by molar-refractivity contribution is 0.157. The van der Waals surface area contributed by atoms with Crippen molar-refractivity contribution in [1.82, 2.24) is 19.8 Å². The Labute approximate surface area is 158 Å². The summed E-state index contributed by atoms with van der Waals surface area (Å²) >= 11 is 1.72. The van der Waals surface area contributed by atoms with Gasteiger partial charge < -0.3 is 10.2 Å². The topological polar surface area (TPSA) is 61.4 Å². The number of aryl methyl sites for hydroxylation is 1. The average molecular weight is 372 g/mol. The van der Waals surface area contributed by atoms with Gasteiger partial charge in [-0.25, -0.2) is 9.78 Å². The smallest absolute Gasteiger partial charge is 0.321 e. The van der Waals surface area contributed by atoms with Crippen LogP contribution < -0.4 is 5.32 Å². The molecule has 7 heteroatoms. The molecular formula is C19H25N5OS. The number of pyridine rings is 1. The summed E-state index contributed by atoms with van der Waals surface area (Å²) < 4.78 is 0. The van der Waals surface area contributed by atoms with E-state index < -0.39 is 0 Å². The Hall–Kier alpha value is -1.99. The van der Waals surface area contributed by atoms with Crippen LogP contribution in [0.2, 0.25) is 0 Å². The predicted octanol–water partition coefficient (Wildman–Crippen LogP) is 3.36. The fourth-order valence-electron chi connectivity index (χ4n) is 4.12. The van der Waals surface area contributed by atoms with Crippen molar-refractivity contribution in [3.63, 3.8) is 0 Å². The van der Waals surface area contributed by atoms with Gasteiger partial charge in [-0.05, 0) is 50.3 Å². The van der Waals surface area contributed by atoms with E-state index in [4.69, 9.17) is 0 Å². The van der Waals surface area contributed by atoms with Crippen molar-refractivity contribution in [3.8, 4) is 0 Å². The number of thiazole rings is 1. The number of hydrogen-bond acceptors (Lipinski definition) is 5. The van der Waals surface area contributed by atoms with E-state index in [2.05, 4.69) is 27.2 Å². The van der Waals surface area contributed by atoms with Gasteiger partial charge in [0.1, 0.15) is 5.01 Å². The molecule has 1 atom stereocenters. The molecule has 3 heterocycles. The molecule has 2 fully saturated rings. The summed E-state index contributed by atoms with van der Waals surface area (Å²) in [5.41, 5.74) is 2.21. The first-order chi connectivity index (χ1) is 12.6. The molecule has 0 bridgehead atoms. The second-order valence-electron chi connectivity index (χ2n) is 7.59. The van der Waals surface area contributed by atoms with Gasteiger partial charge in [0.2, 0.25) is 0 Å². The number of aromatic nitrogens is 2. The van der Waals surface area contributed by atoms with Crippen LogP contribution in [0.15, 0.2) is 30.0 Å². The van der Waals surface area contributed by atoms with Gasteiger partial charge in [-0.1, -0.05) is 0 Å². The number of anilines is 1. The van der Waals surface area contributed by atoms with E-state index in [9.17, 15) is 4.79 Å². The molecule has 1 N–H and O–H groups in total. The maximum atomic E-state index is 12.5. The van der Waals surface area contributed by atoms with Gasteiger partial charge in [0, 0.05) is 36.9 Å². The Morgan fingerprint density at radius 1 is 1.42 bits per heavy atom. The van der Waals surface area contributed by atoms with Crippen LogP contribution in [0.4, 0.5) is 10.5 Å². The van der Waals surface area contributed by atoms with Crippen LogP contribution in [0.1, 0.15) is 29.8 Å². The molecule has 1 unspecified atom stereocenters. The van der Waals surface area contributed by atoms with Gasteiger partial charge >= 0.3 is 6.03 Å². The lowest BCUT2D eigenvalue weighted by atomic mass is 9.92. The molecule has 138 valence electrons. The molecule has 2 aromatic rings. The number of urea groups is 1. The van der Waals surface area contributed by atoms with E-state index in [0.29, 0.717) is 11.5 Å². The summed E-state index contributed by atoms with van der Waals surface area (Å²) in [5.74, 6) is 0. The van der Waals surface area contributed by atoms with E-state index >= 15 is 0 Å². The van der Waals surface area contributed by atoms with E-state index in [1.54, 1.807) is 23.7 Å². The fourth-order valence-corrected chi connectivity index (χ4v) is 4.80. The molecule has 1 spiro atoms. The first kappa shape index (κ1) is 17.4. The van der Waals surface area contributed by atoms with E-state index in [1.807, 2.05) is 29.5 Å². The number of piperidine rings is 1. The van der Waals surface area contributed by atoms with Crippen molar-refractivity contribution in [2.24, 2.45) is 5.41 Å². The molecule has 2 amide bonds. The number of nitrogens with one attached hydrogen (secondary N) is 1. The Bertz CT molecular complexity index is 770. The van der Waals surface area contributed by atoms with Crippen LogP contribution in [0.5, 0.6) is 0 Å². The first-order valence-electron chi connectivity index (χ1n) is 9.12. The van der Waals surface area contributed by atoms with E-state index in [1.165, 1.54) is 11.4 Å². The van der Waals surface area contributed by atoms with Gasteiger partial charge in [0.05, 0.1) is 18.4 Å². The minimum absolute atomic E-state index is 0.0133. The molecule has 2 aliphatic rings. The number of amides is 2. The first-order valence-corrected chi connectivity index (χ1v) is 10.00. The highest BCUT2D eigenvalue weighted by Gasteiger charge is 2.56. The molecular weight excluding hydrogens is 346 g/mol. The van der Waals surface area contributed by atoms with Crippen molar-refractivity contribution < 1.29 is 4.79 Å². The SMILES string of the molecule is Cc1cncc(NC(=O)N2CCC3(CC2)CC3N(C)Cc2nccs2)c1. The monoisotopic (exact) mass is 371 g/mol. The Morgan fingerprint density at radius 2 is 2.23 bits per heavy atom. The van der Waals surface area contributed by atoms with Crippen LogP contribution in [-0.4, -0.2) is 52.0 Å². The number of carbonyl (C=O) groups excluding carboxylic acids is 1. The molecule has 1 saturated heterocycles. The molecule has 6 nitrogen and oxygen atoms in total. The zero-order valence-corrected chi connectivity index (χ0v) is 16.1. The highest BCUT2D eigenvalue weighted by molar-refractivity contribution is 7.09. The summed E-state index contributed by atoms with van der Waals surface area (Å²) in [4.78, 5) is 25.4. The van der Waals surface area contributed by atoms with Crippen molar-refractivity contribution in [3.05, 3.63) is 40.6 Å². The van der Waals surface area contributed by atoms with E-state index in [-0.39, 0.29) is 6.03 Å². The number of hydrogen-bond donors (Lipinski definition) is 1. The third kappa shape index (κ3) is 3.59. The molecule has 1 aliphatic carbocycles. The zero-order chi connectivity index (χ0) is 18.1. The standard InChI is InChI=1S/C19H25N5OS/c1-14-9-15(12-20-11-14)22-18(25)24-6-3-19(4-7-24)10-16(19)23(2)13-17-21-5-8-26-17/h5,8-9,11-12,16H,3-4,6-7,10,13H2,1-2H3,(H,22,25). The molecule has 0 radical (unpaired) electrons. The number of nitrogens with zero attached hydrogens (tertiary/aromatic N) is 4. The second-order valence-corrected chi connectivity index (χ2v) is 8.57. The third-order valence-corrected chi connectivity index (χ3v) is 6.48. The fraction of sp³-hybridized carbons (Fsp3) is 0.526. The third-order valence-electron chi connectivity index (χ3n) is 5.72. The van der Waals surface area contributed by atoms with Crippen molar-refractivity contribution >= 4 is 23.1 Å². The molecule has 1 saturated carbocycles. The van der Waals surface area contributed by atoms with Gasteiger partial charge in [-0.2, -0.15) is 0 Å². The normalized spacial score (nSPS) is 21.2. The molecule has 1 aliphatic heterocycles. The Morgan fingerprint density at radius 3 is 2.92 bits per heavy atom. The molecule has 4 rings (SSSR count). The van der Waals surface area contributed by atoms with Crippen molar-refractivity contribution in [2.45, 2.75) is 38.8 Å². The lowest BCUT2D eigenvalue weighted by Gasteiger charge is -2.34.